The molecule has 1 rings (SSSR count). The Bertz CT molecular complexity index is 296. The van der Waals surface area contributed by atoms with Gasteiger partial charge in [-0.2, -0.15) is 0 Å². The van der Waals surface area contributed by atoms with Crippen molar-refractivity contribution in [2.75, 3.05) is 20.3 Å². The van der Waals surface area contributed by atoms with Gasteiger partial charge < -0.3 is 20.9 Å². The van der Waals surface area contributed by atoms with Gasteiger partial charge in [0.05, 0.1) is 6.61 Å². The van der Waals surface area contributed by atoms with Crippen molar-refractivity contribution < 1.29 is 19.4 Å². The van der Waals surface area contributed by atoms with Gasteiger partial charge in [0.25, 0.3) is 0 Å². The fourth-order valence-corrected chi connectivity index (χ4v) is 2.46. The maximum absolute atomic E-state index is 12.1. The highest BCUT2D eigenvalue weighted by Gasteiger charge is 2.32. The number of aliphatic carboxylic acids is 1. The van der Waals surface area contributed by atoms with Crippen molar-refractivity contribution >= 4 is 11.9 Å². The highest BCUT2D eigenvalue weighted by molar-refractivity contribution is 5.85. The molecular weight excluding hydrogens is 236 g/mol. The first kappa shape index (κ1) is 14.9. The Morgan fingerprint density at radius 3 is 2.67 bits per heavy atom. The summed E-state index contributed by atoms with van der Waals surface area (Å²) in [5.74, 6) is -1.29. The van der Waals surface area contributed by atoms with Gasteiger partial charge in [-0.3, -0.25) is 4.79 Å². The molecule has 0 aromatic heterocycles. The molecule has 1 fully saturated rings. The van der Waals surface area contributed by atoms with Crippen molar-refractivity contribution in [3.05, 3.63) is 0 Å². The van der Waals surface area contributed by atoms with E-state index in [1.54, 1.807) is 0 Å². The number of amides is 1. The molecule has 1 aliphatic carbocycles. The number of carbonyl (C=O) groups excluding carboxylic acids is 1. The van der Waals surface area contributed by atoms with Crippen LogP contribution in [-0.4, -0.2) is 43.3 Å². The van der Waals surface area contributed by atoms with Crippen LogP contribution in [0.3, 0.4) is 0 Å². The number of carbonyl (C=O) groups is 2. The first-order valence-corrected chi connectivity index (χ1v) is 6.32. The molecule has 18 heavy (non-hydrogen) atoms. The Kier molecular flexibility index (Phi) is 6.07. The van der Waals surface area contributed by atoms with Gasteiger partial charge in [0.1, 0.15) is 0 Å². The van der Waals surface area contributed by atoms with Crippen LogP contribution in [0, 0.1) is 11.8 Å². The van der Waals surface area contributed by atoms with Crippen molar-refractivity contribution in [3.8, 4) is 0 Å². The summed E-state index contributed by atoms with van der Waals surface area (Å²) in [7, 11) is 1.41. The van der Waals surface area contributed by atoms with Crippen LogP contribution in [-0.2, 0) is 14.3 Å². The van der Waals surface area contributed by atoms with Crippen LogP contribution in [0.25, 0.3) is 0 Å². The third-order valence-electron chi connectivity index (χ3n) is 3.50. The number of ether oxygens (including phenoxy) is 1. The molecule has 3 unspecified atom stereocenters. The standard InChI is InChI=1S/C12H22N2O4/c1-18-7-10(12(16)17)14-11(15)9-5-3-2-4-8(9)6-13/h8-10H,2-7,13H2,1H3,(H,14,15)(H,16,17). The summed E-state index contributed by atoms with van der Waals surface area (Å²) < 4.78 is 4.79. The van der Waals surface area contributed by atoms with E-state index in [2.05, 4.69) is 5.32 Å². The van der Waals surface area contributed by atoms with E-state index >= 15 is 0 Å². The van der Waals surface area contributed by atoms with E-state index in [0.717, 1.165) is 25.7 Å². The highest BCUT2D eigenvalue weighted by Crippen LogP contribution is 2.29. The lowest BCUT2D eigenvalue weighted by atomic mass is 9.78. The van der Waals surface area contributed by atoms with E-state index in [1.807, 2.05) is 0 Å². The lowest BCUT2D eigenvalue weighted by Gasteiger charge is -2.30. The van der Waals surface area contributed by atoms with Gasteiger partial charge in [-0.05, 0) is 25.3 Å². The summed E-state index contributed by atoms with van der Waals surface area (Å²) in [4.78, 5) is 23.0. The zero-order chi connectivity index (χ0) is 13.5. The number of nitrogens with two attached hydrogens (primary N) is 1. The third-order valence-corrected chi connectivity index (χ3v) is 3.50. The van der Waals surface area contributed by atoms with E-state index in [4.69, 9.17) is 15.6 Å². The van der Waals surface area contributed by atoms with Crippen molar-refractivity contribution in [1.82, 2.24) is 5.32 Å². The topological polar surface area (TPSA) is 102 Å². The predicted molar refractivity (Wildman–Crippen MR) is 65.9 cm³/mol. The molecule has 3 atom stereocenters. The van der Waals surface area contributed by atoms with Crippen LogP contribution >= 0.6 is 0 Å². The number of rotatable bonds is 6. The third kappa shape index (κ3) is 3.96. The van der Waals surface area contributed by atoms with E-state index in [0.29, 0.717) is 6.54 Å². The minimum absolute atomic E-state index is 0.0267. The Labute approximate surface area is 107 Å². The zero-order valence-corrected chi connectivity index (χ0v) is 10.7. The Morgan fingerprint density at radius 2 is 2.11 bits per heavy atom. The molecule has 0 aromatic rings. The molecule has 0 bridgehead atoms. The van der Waals surface area contributed by atoms with Gasteiger partial charge in [0, 0.05) is 13.0 Å². The van der Waals surface area contributed by atoms with Gasteiger partial charge in [0.2, 0.25) is 5.91 Å². The van der Waals surface area contributed by atoms with E-state index in [1.165, 1.54) is 7.11 Å². The number of nitrogens with one attached hydrogen (secondary N) is 1. The van der Waals surface area contributed by atoms with Crippen LogP contribution in [0.5, 0.6) is 0 Å². The quantitative estimate of drug-likeness (QED) is 0.621. The first-order chi connectivity index (χ1) is 8.60. The van der Waals surface area contributed by atoms with Crippen LogP contribution < -0.4 is 11.1 Å². The summed E-state index contributed by atoms with van der Waals surface area (Å²) in [6.07, 6.45) is 3.81. The lowest BCUT2D eigenvalue weighted by Crippen LogP contribution is -2.48. The molecule has 0 aromatic carbocycles. The van der Waals surface area contributed by atoms with Crippen molar-refractivity contribution in [2.45, 2.75) is 31.7 Å². The molecule has 4 N–H and O–H groups in total. The summed E-state index contributed by atoms with van der Waals surface area (Å²) in [5, 5.41) is 11.5. The Hall–Kier alpha value is -1.14. The van der Waals surface area contributed by atoms with Gasteiger partial charge in [0.15, 0.2) is 6.04 Å². The average molecular weight is 258 g/mol. The predicted octanol–water partition coefficient (Wildman–Crippen LogP) is -0.0327. The number of methoxy groups -OCH3 is 1. The minimum atomic E-state index is -1.08. The van der Waals surface area contributed by atoms with Gasteiger partial charge in [-0.25, -0.2) is 4.79 Å². The lowest BCUT2D eigenvalue weighted by molar-refractivity contribution is -0.144. The number of hydrogen-bond donors (Lipinski definition) is 3. The normalized spacial score (nSPS) is 25.4. The highest BCUT2D eigenvalue weighted by atomic mass is 16.5. The fourth-order valence-electron chi connectivity index (χ4n) is 2.46. The number of hydrogen-bond acceptors (Lipinski definition) is 4. The van der Waals surface area contributed by atoms with E-state index in [-0.39, 0.29) is 24.3 Å². The molecule has 1 saturated carbocycles. The molecule has 1 aliphatic rings. The average Bonchev–Trinajstić information content (AvgIpc) is 2.37. The van der Waals surface area contributed by atoms with E-state index in [9.17, 15) is 9.59 Å². The summed E-state index contributed by atoms with van der Waals surface area (Å²) in [6.45, 7) is 0.446. The van der Waals surface area contributed by atoms with Crippen LogP contribution in [0.1, 0.15) is 25.7 Å². The SMILES string of the molecule is COCC(NC(=O)C1CCCCC1CN)C(=O)O. The molecule has 104 valence electrons. The maximum Gasteiger partial charge on any atom is 0.328 e. The minimum Gasteiger partial charge on any atom is -0.480 e. The Morgan fingerprint density at radius 1 is 1.44 bits per heavy atom. The fraction of sp³-hybridized carbons (Fsp3) is 0.833. The summed E-state index contributed by atoms with van der Waals surface area (Å²) in [6, 6.07) is -0.983. The van der Waals surface area contributed by atoms with Crippen LogP contribution in [0.4, 0.5) is 0 Å². The monoisotopic (exact) mass is 258 g/mol. The molecule has 6 heteroatoms. The van der Waals surface area contributed by atoms with Gasteiger partial charge in [-0.1, -0.05) is 12.8 Å². The van der Waals surface area contributed by atoms with Crippen LogP contribution in [0.15, 0.2) is 0 Å². The largest absolute Gasteiger partial charge is 0.480 e. The van der Waals surface area contributed by atoms with Crippen molar-refractivity contribution in [2.24, 2.45) is 17.6 Å². The van der Waals surface area contributed by atoms with Crippen LogP contribution in [0.2, 0.25) is 0 Å². The smallest absolute Gasteiger partial charge is 0.328 e. The first-order valence-electron chi connectivity index (χ1n) is 6.32. The second-order valence-corrected chi connectivity index (χ2v) is 4.74. The number of carboxylic acid groups (broad SMARTS) is 1. The molecule has 0 aliphatic heterocycles. The zero-order valence-electron chi connectivity index (χ0n) is 10.7. The molecule has 0 saturated heterocycles. The van der Waals surface area contributed by atoms with Gasteiger partial charge in [-0.15, -0.1) is 0 Å². The molecule has 0 radical (unpaired) electrons. The van der Waals surface area contributed by atoms with Gasteiger partial charge >= 0.3 is 5.97 Å². The second-order valence-electron chi connectivity index (χ2n) is 4.74. The molecule has 6 nitrogen and oxygen atoms in total. The second kappa shape index (κ2) is 7.33. The summed E-state index contributed by atoms with van der Waals surface area (Å²) >= 11 is 0. The Balaban J connectivity index is 2.58. The van der Waals surface area contributed by atoms with E-state index < -0.39 is 12.0 Å². The molecule has 0 spiro atoms. The molecule has 1 amide bonds. The van der Waals surface area contributed by atoms with Crippen molar-refractivity contribution in [3.63, 3.8) is 0 Å². The van der Waals surface area contributed by atoms with Crippen molar-refractivity contribution in [1.29, 1.82) is 0 Å². The summed E-state index contributed by atoms with van der Waals surface area (Å²) in [5.41, 5.74) is 5.66. The molecule has 0 heterocycles. The maximum atomic E-state index is 12.1. The molecular formula is C12H22N2O4. The number of carboxylic acids is 1.